The van der Waals surface area contributed by atoms with Crippen molar-refractivity contribution in [3.63, 3.8) is 0 Å². The third-order valence-corrected chi connectivity index (χ3v) is 1.67. The number of carboxylic acids is 1. The molecule has 16 heavy (non-hydrogen) atoms. The number of hydrogen-bond donors (Lipinski definition) is 1. The van der Waals surface area contributed by atoms with Crippen LogP contribution in [0.1, 0.15) is 15.9 Å². The summed E-state index contributed by atoms with van der Waals surface area (Å²) in [5.41, 5.74) is -4.40. The molecule has 1 aromatic rings. The van der Waals surface area contributed by atoms with Gasteiger partial charge in [-0.25, -0.2) is 18.0 Å². The van der Waals surface area contributed by atoms with Crippen molar-refractivity contribution in [2.45, 2.75) is 6.18 Å². The van der Waals surface area contributed by atoms with Crippen LogP contribution in [0.2, 0.25) is 0 Å². The second kappa shape index (κ2) is 3.69. The van der Waals surface area contributed by atoms with E-state index in [0.717, 1.165) is 0 Å². The first-order chi connectivity index (χ1) is 7.16. The van der Waals surface area contributed by atoms with Gasteiger partial charge in [0.2, 0.25) is 0 Å². The summed E-state index contributed by atoms with van der Waals surface area (Å²) < 4.78 is 74.6. The number of rotatable bonds is 1. The highest BCUT2D eigenvalue weighted by molar-refractivity contribution is 5.90. The minimum absolute atomic E-state index is 0.357. The summed E-state index contributed by atoms with van der Waals surface area (Å²) in [6.45, 7) is 0. The minimum atomic E-state index is -5.42. The van der Waals surface area contributed by atoms with Crippen molar-refractivity contribution < 1.29 is 36.2 Å². The van der Waals surface area contributed by atoms with Crippen LogP contribution in [0.25, 0.3) is 0 Å². The van der Waals surface area contributed by atoms with Crippen LogP contribution in [-0.2, 0) is 6.18 Å². The summed E-state index contributed by atoms with van der Waals surface area (Å²) in [5, 5.41) is 8.29. The highest BCUT2D eigenvalue weighted by Crippen LogP contribution is 2.35. The van der Waals surface area contributed by atoms with Crippen LogP contribution in [0.5, 0.6) is 0 Å². The second-order valence-corrected chi connectivity index (χ2v) is 2.71. The minimum Gasteiger partial charge on any atom is -0.478 e. The van der Waals surface area contributed by atoms with Gasteiger partial charge in [-0.1, -0.05) is 0 Å². The molecule has 88 valence electrons. The number of aromatic carboxylic acids is 1. The Kier molecular flexibility index (Phi) is 2.85. The molecule has 0 amide bonds. The van der Waals surface area contributed by atoms with Crippen molar-refractivity contribution in [2.75, 3.05) is 0 Å². The molecule has 0 radical (unpaired) electrons. The van der Waals surface area contributed by atoms with Gasteiger partial charge in [0.15, 0.2) is 11.6 Å². The predicted octanol–water partition coefficient (Wildman–Crippen LogP) is 2.82. The van der Waals surface area contributed by atoms with Crippen molar-refractivity contribution in [1.29, 1.82) is 0 Å². The fourth-order valence-corrected chi connectivity index (χ4v) is 1.07. The van der Waals surface area contributed by atoms with E-state index in [9.17, 15) is 31.1 Å². The molecule has 0 unspecified atom stereocenters. The monoisotopic (exact) mass is 244 g/mol. The standard InChI is InChI=1S/C8H2F6O2/c9-2-1-3(10)6(11)4(7(15)16)5(2)8(12,13)14/h1H,(H,15,16). The predicted molar refractivity (Wildman–Crippen MR) is 38.3 cm³/mol. The van der Waals surface area contributed by atoms with Gasteiger partial charge in [0, 0.05) is 6.07 Å². The highest BCUT2D eigenvalue weighted by atomic mass is 19.4. The summed E-state index contributed by atoms with van der Waals surface area (Å²) in [7, 11) is 0. The zero-order valence-corrected chi connectivity index (χ0v) is 7.20. The van der Waals surface area contributed by atoms with Crippen LogP contribution in [-0.4, -0.2) is 11.1 Å². The molecule has 1 N–H and O–H groups in total. The molecule has 0 aromatic heterocycles. The van der Waals surface area contributed by atoms with E-state index in [1.165, 1.54) is 0 Å². The number of carboxylic acid groups (broad SMARTS) is 1. The molecule has 8 heteroatoms. The Hall–Kier alpha value is -1.73. The maximum Gasteiger partial charge on any atom is 0.420 e. The van der Waals surface area contributed by atoms with E-state index in [4.69, 9.17) is 5.11 Å². The van der Waals surface area contributed by atoms with Crippen LogP contribution >= 0.6 is 0 Å². The number of carbonyl (C=O) groups is 1. The summed E-state index contributed by atoms with van der Waals surface area (Å²) in [6, 6.07) is -0.357. The van der Waals surface area contributed by atoms with Gasteiger partial charge in [-0.2, -0.15) is 13.2 Å². The van der Waals surface area contributed by atoms with E-state index in [0.29, 0.717) is 0 Å². The lowest BCUT2D eigenvalue weighted by Gasteiger charge is -2.12. The fourth-order valence-electron chi connectivity index (χ4n) is 1.07. The normalized spacial score (nSPS) is 11.6. The molecule has 0 spiro atoms. The van der Waals surface area contributed by atoms with E-state index >= 15 is 0 Å². The van der Waals surface area contributed by atoms with Gasteiger partial charge in [-0.3, -0.25) is 0 Å². The van der Waals surface area contributed by atoms with Crippen molar-refractivity contribution in [3.8, 4) is 0 Å². The van der Waals surface area contributed by atoms with Gasteiger partial charge < -0.3 is 5.11 Å². The van der Waals surface area contributed by atoms with Crippen molar-refractivity contribution >= 4 is 5.97 Å². The number of alkyl halides is 3. The first-order valence-electron chi connectivity index (χ1n) is 3.64. The lowest BCUT2D eigenvalue weighted by molar-refractivity contribution is -0.140. The Morgan fingerprint density at radius 1 is 1.12 bits per heavy atom. The maximum absolute atomic E-state index is 12.8. The number of benzene rings is 1. The molecule has 0 heterocycles. The average Bonchev–Trinajstić information content (AvgIpc) is 2.07. The van der Waals surface area contributed by atoms with Gasteiger partial charge in [-0.15, -0.1) is 0 Å². The SMILES string of the molecule is O=C(O)c1c(F)c(F)cc(F)c1C(F)(F)F. The van der Waals surface area contributed by atoms with E-state index in [1.54, 1.807) is 0 Å². The first-order valence-corrected chi connectivity index (χ1v) is 3.64. The molecule has 0 aliphatic rings. The van der Waals surface area contributed by atoms with Crippen molar-refractivity contribution in [3.05, 3.63) is 34.6 Å². The summed E-state index contributed by atoms with van der Waals surface area (Å²) >= 11 is 0. The van der Waals surface area contributed by atoms with E-state index in [2.05, 4.69) is 0 Å². The smallest absolute Gasteiger partial charge is 0.420 e. The summed E-state index contributed by atoms with van der Waals surface area (Å²) in [4.78, 5) is 10.3. The first kappa shape index (κ1) is 12.3. The third kappa shape index (κ3) is 1.95. The second-order valence-electron chi connectivity index (χ2n) is 2.71. The van der Waals surface area contributed by atoms with E-state index < -0.39 is 40.7 Å². The highest BCUT2D eigenvalue weighted by Gasteiger charge is 2.41. The Morgan fingerprint density at radius 3 is 2.00 bits per heavy atom. The van der Waals surface area contributed by atoms with Gasteiger partial charge in [-0.05, 0) is 0 Å². The Labute approximate surface area is 84.1 Å². The molecular formula is C8H2F6O2. The molecule has 1 aromatic carbocycles. The largest absolute Gasteiger partial charge is 0.478 e. The van der Waals surface area contributed by atoms with Crippen molar-refractivity contribution in [2.24, 2.45) is 0 Å². The van der Waals surface area contributed by atoms with Crippen molar-refractivity contribution in [1.82, 2.24) is 0 Å². The van der Waals surface area contributed by atoms with Crippen LogP contribution in [0.15, 0.2) is 6.07 Å². The zero-order chi connectivity index (χ0) is 12.7. The lowest BCUT2D eigenvalue weighted by atomic mass is 10.1. The molecular weight excluding hydrogens is 242 g/mol. The molecule has 0 aliphatic heterocycles. The lowest BCUT2D eigenvalue weighted by Crippen LogP contribution is -2.18. The fraction of sp³-hybridized carbons (Fsp3) is 0.125. The maximum atomic E-state index is 12.8. The molecule has 1 rings (SSSR count). The Morgan fingerprint density at radius 2 is 1.62 bits per heavy atom. The van der Waals surface area contributed by atoms with E-state index in [-0.39, 0.29) is 6.07 Å². The number of hydrogen-bond acceptors (Lipinski definition) is 1. The Bertz CT molecular complexity index is 451. The molecule has 0 bridgehead atoms. The molecule has 0 fully saturated rings. The average molecular weight is 244 g/mol. The molecule has 0 atom stereocenters. The van der Waals surface area contributed by atoms with E-state index in [1.807, 2.05) is 0 Å². The Balaban J connectivity index is 3.72. The molecule has 0 aliphatic carbocycles. The van der Waals surface area contributed by atoms with Gasteiger partial charge in [0.05, 0.1) is 0 Å². The van der Waals surface area contributed by atoms with Gasteiger partial charge in [0.1, 0.15) is 16.9 Å². The van der Waals surface area contributed by atoms with Crippen LogP contribution in [0.4, 0.5) is 26.3 Å². The van der Waals surface area contributed by atoms with Crippen LogP contribution < -0.4 is 0 Å². The summed E-state index contributed by atoms with van der Waals surface area (Å²) in [6.07, 6.45) is -5.42. The van der Waals surface area contributed by atoms with Gasteiger partial charge in [0.25, 0.3) is 0 Å². The zero-order valence-electron chi connectivity index (χ0n) is 7.20. The van der Waals surface area contributed by atoms with Gasteiger partial charge >= 0.3 is 12.1 Å². The topological polar surface area (TPSA) is 37.3 Å². The molecule has 0 saturated heterocycles. The quantitative estimate of drug-likeness (QED) is 0.609. The molecule has 2 nitrogen and oxygen atoms in total. The summed E-state index contributed by atoms with van der Waals surface area (Å²) in [5.74, 6) is -8.82. The van der Waals surface area contributed by atoms with Crippen LogP contribution in [0, 0.1) is 17.5 Å². The van der Waals surface area contributed by atoms with Crippen LogP contribution in [0.3, 0.4) is 0 Å². The number of halogens is 6. The third-order valence-electron chi connectivity index (χ3n) is 1.67. The molecule has 0 saturated carbocycles.